The van der Waals surface area contributed by atoms with Crippen LogP contribution >= 0.6 is 0 Å². The van der Waals surface area contributed by atoms with E-state index < -0.39 is 0 Å². The molecule has 1 saturated heterocycles. The molecule has 0 aliphatic carbocycles. The van der Waals surface area contributed by atoms with Crippen molar-refractivity contribution in [3.05, 3.63) is 29.7 Å². The van der Waals surface area contributed by atoms with Crippen LogP contribution in [0.3, 0.4) is 0 Å². The largest absolute Gasteiger partial charge is 0.490 e. The Balaban J connectivity index is 1.94. The van der Waals surface area contributed by atoms with Crippen LogP contribution in [0.2, 0.25) is 0 Å². The molecule has 1 aromatic heterocycles. The van der Waals surface area contributed by atoms with Crippen molar-refractivity contribution in [2.45, 2.75) is 26.2 Å². The van der Waals surface area contributed by atoms with Gasteiger partial charge in [-0.2, -0.15) is 0 Å². The van der Waals surface area contributed by atoms with Crippen LogP contribution in [-0.4, -0.2) is 35.7 Å². The highest BCUT2D eigenvalue weighted by Gasteiger charge is 2.17. The summed E-state index contributed by atoms with van der Waals surface area (Å²) in [6.45, 7) is 5.80. The van der Waals surface area contributed by atoms with Crippen LogP contribution in [-0.2, 0) is 13.5 Å². The molecule has 4 heteroatoms. The third kappa shape index (κ3) is 2.77. The van der Waals surface area contributed by atoms with E-state index in [-0.39, 0.29) is 5.82 Å². The number of benzene rings is 1. The second kappa shape index (κ2) is 6.06. The highest BCUT2D eigenvalue weighted by atomic mass is 19.1. The highest BCUT2D eigenvalue weighted by molar-refractivity contribution is 5.90. The minimum atomic E-state index is -0.266. The second-order valence-corrected chi connectivity index (χ2v) is 5.77. The van der Waals surface area contributed by atoms with Gasteiger partial charge in [0, 0.05) is 25.2 Å². The monoisotopic (exact) mass is 290 g/mol. The van der Waals surface area contributed by atoms with Crippen LogP contribution in [0.5, 0.6) is 5.75 Å². The molecule has 2 aromatic rings. The molecule has 3 rings (SSSR count). The quantitative estimate of drug-likeness (QED) is 0.840. The van der Waals surface area contributed by atoms with Crippen LogP contribution in [0, 0.1) is 5.82 Å². The fourth-order valence-electron chi connectivity index (χ4n) is 3.28. The topological polar surface area (TPSA) is 17.4 Å². The van der Waals surface area contributed by atoms with Crippen molar-refractivity contribution in [1.29, 1.82) is 0 Å². The molecule has 0 unspecified atom stereocenters. The third-order valence-corrected chi connectivity index (χ3v) is 4.32. The molecule has 0 saturated carbocycles. The van der Waals surface area contributed by atoms with Crippen molar-refractivity contribution in [2.75, 3.05) is 26.2 Å². The van der Waals surface area contributed by atoms with Crippen molar-refractivity contribution in [3.8, 4) is 5.75 Å². The molecule has 3 nitrogen and oxygen atoms in total. The van der Waals surface area contributed by atoms with Gasteiger partial charge >= 0.3 is 0 Å². The molecule has 1 aliphatic rings. The Morgan fingerprint density at radius 3 is 2.71 bits per heavy atom. The van der Waals surface area contributed by atoms with Crippen LogP contribution < -0.4 is 4.74 Å². The first-order chi connectivity index (χ1) is 10.2. The first-order valence-corrected chi connectivity index (χ1v) is 7.82. The number of halogens is 1. The van der Waals surface area contributed by atoms with E-state index in [1.807, 2.05) is 20.0 Å². The van der Waals surface area contributed by atoms with Crippen molar-refractivity contribution in [2.24, 2.45) is 7.05 Å². The van der Waals surface area contributed by atoms with E-state index in [1.165, 1.54) is 37.6 Å². The van der Waals surface area contributed by atoms with E-state index in [0.717, 1.165) is 23.9 Å². The summed E-state index contributed by atoms with van der Waals surface area (Å²) >= 11 is 0. The van der Waals surface area contributed by atoms with Crippen LogP contribution in [0.1, 0.15) is 25.3 Å². The summed E-state index contributed by atoms with van der Waals surface area (Å²) in [5.41, 5.74) is 2.22. The predicted octanol–water partition coefficient (Wildman–Crippen LogP) is 3.35. The number of hydrogen-bond acceptors (Lipinski definition) is 2. The molecule has 0 atom stereocenters. The Kier molecular flexibility index (Phi) is 4.15. The lowest BCUT2D eigenvalue weighted by molar-refractivity contribution is 0.325. The van der Waals surface area contributed by atoms with Gasteiger partial charge in [-0.1, -0.05) is 0 Å². The summed E-state index contributed by atoms with van der Waals surface area (Å²) in [5, 5.41) is 0.943. The fourth-order valence-corrected chi connectivity index (χ4v) is 3.28. The van der Waals surface area contributed by atoms with Gasteiger partial charge in [0.05, 0.1) is 12.1 Å². The molecular weight excluding hydrogens is 267 g/mol. The molecule has 2 heterocycles. The molecule has 21 heavy (non-hydrogen) atoms. The van der Waals surface area contributed by atoms with E-state index in [0.29, 0.717) is 12.4 Å². The zero-order chi connectivity index (χ0) is 14.8. The normalized spacial score (nSPS) is 16.0. The second-order valence-electron chi connectivity index (χ2n) is 5.77. The molecule has 1 aromatic carbocycles. The minimum absolute atomic E-state index is 0.266. The lowest BCUT2D eigenvalue weighted by Crippen LogP contribution is -2.21. The highest BCUT2D eigenvalue weighted by Crippen LogP contribution is 2.33. The maximum absolute atomic E-state index is 14.1. The minimum Gasteiger partial charge on any atom is -0.490 e. The van der Waals surface area contributed by atoms with Gasteiger partial charge in [0.15, 0.2) is 11.6 Å². The number of aromatic nitrogens is 1. The fraction of sp³-hybridized carbons (Fsp3) is 0.529. The Morgan fingerprint density at radius 2 is 2.00 bits per heavy atom. The van der Waals surface area contributed by atoms with E-state index in [4.69, 9.17) is 4.74 Å². The molecule has 114 valence electrons. The summed E-state index contributed by atoms with van der Waals surface area (Å²) in [4.78, 5) is 2.48. The summed E-state index contributed by atoms with van der Waals surface area (Å²) in [5.74, 6) is 0.144. The van der Waals surface area contributed by atoms with Gasteiger partial charge < -0.3 is 14.2 Å². The number of aryl methyl sites for hydroxylation is 1. The van der Waals surface area contributed by atoms with E-state index in [1.54, 1.807) is 0 Å². The molecule has 1 fully saturated rings. The number of hydrogen-bond donors (Lipinski definition) is 0. The zero-order valence-electron chi connectivity index (χ0n) is 12.9. The van der Waals surface area contributed by atoms with Crippen LogP contribution in [0.25, 0.3) is 10.9 Å². The lowest BCUT2D eigenvalue weighted by atomic mass is 10.1. The van der Waals surface area contributed by atoms with Gasteiger partial charge in [-0.15, -0.1) is 0 Å². The SMILES string of the molecule is CCOc1c(F)ccc2c1c(CCN1CCCC1)cn2C. The van der Waals surface area contributed by atoms with Crippen LogP contribution in [0.15, 0.2) is 18.3 Å². The Bertz CT molecular complexity index is 629. The smallest absolute Gasteiger partial charge is 0.165 e. The zero-order valence-corrected chi connectivity index (χ0v) is 12.9. The van der Waals surface area contributed by atoms with Gasteiger partial charge in [-0.25, -0.2) is 4.39 Å². The van der Waals surface area contributed by atoms with E-state index in [9.17, 15) is 4.39 Å². The summed E-state index contributed by atoms with van der Waals surface area (Å²) in [6.07, 6.45) is 5.66. The number of likely N-dealkylation sites (tertiary alicyclic amines) is 1. The van der Waals surface area contributed by atoms with Crippen molar-refractivity contribution in [1.82, 2.24) is 9.47 Å². The van der Waals surface area contributed by atoms with Gasteiger partial charge in [0.2, 0.25) is 0 Å². The Hall–Kier alpha value is -1.55. The first-order valence-electron chi connectivity index (χ1n) is 7.82. The standard InChI is InChI=1S/C17H23FN2O/c1-3-21-17-14(18)6-7-15-16(17)13(12-19(15)2)8-11-20-9-4-5-10-20/h6-7,12H,3-5,8-11H2,1-2H3. The van der Waals surface area contributed by atoms with Crippen molar-refractivity contribution in [3.63, 3.8) is 0 Å². The molecular formula is C17H23FN2O. The molecule has 0 spiro atoms. The first kappa shape index (κ1) is 14.4. The maximum atomic E-state index is 14.1. The number of rotatable bonds is 5. The molecule has 0 amide bonds. The number of fused-ring (bicyclic) bond motifs is 1. The number of nitrogens with zero attached hydrogens (tertiary/aromatic N) is 2. The van der Waals surface area contributed by atoms with Gasteiger partial charge in [0.1, 0.15) is 0 Å². The molecule has 0 N–H and O–H groups in total. The Morgan fingerprint density at radius 1 is 1.24 bits per heavy atom. The van der Waals surface area contributed by atoms with Gasteiger partial charge in [-0.05, 0) is 57.0 Å². The average molecular weight is 290 g/mol. The van der Waals surface area contributed by atoms with E-state index >= 15 is 0 Å². The molecule has 0 bridgehead atoms. The van der Waals surface area contributed by atoms with Crippen molar-refractivity contribution < 1.29 is 9.13 Å². The van der Waals surface area contributed by atoms with Gasteiger partial charge in [0.25, 0.3) is 0 Å². The third-order valence-electron chi connectivity index (χ3n) is 4.32. The molecule has 0 radical (unpaired) electrons. The number of ether oxygens (including phenoxy) is 1. The summed E-state index contributed by atoms with van der Waals surface area (Å²) in [6, 6.07) is 3.34. The summed E-state index contributed by atoms with van der Waals surface area (Å²) < 4.78 is 21.7. The Labute approximate surface area is 125 Å². The lowest BCUT2D eigenvalue weighted by Gasteiger charge is -2.14. The van der Waals surface area contributed by atoms with Gasteiger partial charge in [-0.3, -0.25) is 0 Å². The van der Waals surface area contributed by atoms with E-state index in [2.05, 4.69) is 15.7 Å². The van der Waals surface area contributed by atoms with Crippen molar-refractivity contribution >= 4 is 10.9 Å². The summed E-state index contributed by atoms with van der Waals surface area (Å²) in [7, 11) is 2.01. The maximum Gasteiger partial charge on any atom is 0.165 e. The average Bonchev–Trinajstić information content (AvgIpc) is 3.08. The molecule has 1 aliphatic heterocycles. The van der Waals surface area contributed by atoms with Crippen LogP contribution in [0.4, 0.5) is 4.39 Å². The predicted molar refractivity (Wildman–Crippen MR) is 83.4 cm³/mol.